The lowest BCUT2D eigenvalue weighted by atomic mass is 9.96. The summed E-state index contributed by atoms with van der Waals surface area (Å²) in [6.45, 7) is 12.9. The van der Waals surface area contributed by atoms with Crippen LogP contribution >= 0.6 is 0 Å². The molecule has 0 aliphatic heterocycles. The Morgan fingerprint density at radius 3 is 2.14 bits per heavy atom. The van der Waals surface area contributed by atoms with Crippen LogP contribution in [0, 0.1) is 17.8 Å². The summed E-state index contributed by atoms with van der Waals surface area (Å²) in [5, 5.41) is 0. The zero-order chi connectivity index (χ0) is 16.3. The molecule has 1 atom stereocenters. The van der Waals surface area contributed by atoms with Gasteiger partial charge in [0.05, 0.1) is 6.42 Å². The third-order valence-electron chi connectivity index (χ3n) is 3.84. The van der Waals surface area contributed by atoms with Gasteiger partial charge in [-0.3, -0.25) is 4.79 Å². The molecular weight excluding hydrogens is 260 g/mol. The van der Waals surface area contributed by atoms with Gasteiger partial charge in [-0.15, -0.1) is 0 Å². The average Bonchev–Trinajstić information content (AvgIpc) is 2.40. The summed E-state index contributed by atoms with van der Waals surface area (Å²) < 4.78 is 5.58. The lowest BCUT2D eigenvalue weighted by Gasteiger charge is -2.24. The van der Waals surface area contributed by atoms with Gasteiger partial charge >= 0.3 is 5.97 Å². The molecule has 0 aromatic carbocycles. The largest absolute Gasteiger partial charge is 0.462 e. The van der Waals surface area contributed by atoms with E-state index in [1.165, 1.54) is 32.1 Å². The molecule has 0 bridgehead atoms. The summed E-state index contributed by atoms with van der Waals surface area (Å²) in [4.78, 5) is 11.9. The quantitative estimate of drug-likeness (QED) is 0.275. The Bertz CT molecular complexity index is 284. The second-order valence-corrected chi connectivity index (χ2v) is 6.90. The maximum atomic E-state index is 11.9. The number of ether oxygens (including phenoxy) is 1. The zero-order valence-corrected chi connectivity index (χ0v) is 15.0. The van der Waals surface area contributed by atoms with Gasteiger partial charge in [0.2, 0.25) is 0 Å². The number of rotatable bonds is 11. The average molecular weight is 296 g/mol. The van der Waals surface area contributed by atoms with Crippen molar-refractivity contribution < 1.29 is 9.53 Å². The van der Waals surface area contributed by atoms with Crippen LogP contribution in [-0.4, -0.2) is 12.1 Å². The molecule has 0 amide bonds. The van der Waals surface area contributed by atoms with Crippen LogP contribution in [0.4, 0.5) is 0 Å². The van der Waals surface area contributed by atoms with Crippen LogP contribution in [-0.2, 0) is 9.53 Å². The molecule has 124 valence electrons. The van der Waals surface area contributed by atoms with E-state index < -0.39 is 0 Å². The Morgan fingerprint density at radius 2 is 1.62 bits per heavy atom. The first kappa shape index (κ1) is 20.2. The number of hydrogen-bond donors (Lipinski definition) is 0. The summed E-state index contributed by atoms with van der Waals surface area (Å²) in [7, 11) is 0. The van der Waals surface area contributed by atoms with Crippen molar-refractivity contribution in [2.24, 2.45) is 17.8 Å². The second-order valence-electron chi connectivity index (χ2n) is 6.90. The number of hydrogen-bond acceptors (Lipinski definition) is 2. The van der Waals surface area contributed by atoms with Crippen molar-refractivity contribution in [3.05, 3.63) is 12.2 Å². The first-order valence-electron chi connectivity index (χ1n) is 8.74. The Balaban J connectivity index is 3.97. The van der Waals surface area contributed by atoms with Crippen LogP contribution in [0.15, 0.2) is 12.2 Å². The Labute approximate surface area is 132 Å². The molecule has 0 aromatic rings. The minimum atomic E-state index is -0.100. The summed E-state index contributed by atoms with van der Waals surface area (Å²) >= 11 is 0. The monoisotopic (exact) mass is 296 g/mol. The Hall–Kier alpha value is -0.790. The Morgan fingerprint density at radius 1 is 1.00 bits per heavy atom. The molecule has 0 rings (SSSR count). The van der Waals surface area contributed by atoms with Gasteiger partial charge in [0.1, 0.15) is 6.10 Å². The van der Waals surface area contributed by atoms with Crippen LogP contribution in [0.3, 0.4) is 0 Å². The molecular formula is C19H36O2. The van der Waals surface area contributed by atoms with Gasteiger partial charge in [-0.25, -0.2) is 0 Å². The molecule has 0 spiro atoms. The fourth-order valence-corrected chi connectivity index (χ4v) is 2.63. The number of esters is 1. The van der Waals surface area contributed by atoms with E-state index in [1.54, 1.807) is 0 Å². The van der Waals surface area contributed by atoms with Crippen molar-refractivity contribution in [3.8, 4) is 0 Å². The standard InChI is InChI=1S/C19H36O2/c1-7-8-9-10-12-17(6)13-11-14-18(20)21-19(15(2)3)16(4)5/h11,13,15-17,19H,7-10,12,14H2,1-6H3/b13-11-. The maximum Gasteiger partial charge on any atom is 0.309 e. The molecule has 0 aliphatic carbocycles. The zero-order valence-electron chi connectivity index (χ0n) is 15.0. The molecule has 0 saturated carbocycles. The minimum absolute atomic E-state index is 0.0253. The maximum absolute atomic E-state index is 11.9. The van der Waals surface area contributed by atoms with Crippen LogP contribution in [0.1, 0.15) is 80.1 Å². The summed E-state index contributed by atoms with van der Waals surface area (Å²) in [6.07, 6.45) is 11.0. The Kier molecular flexibility index (Phi) is 11.4. The van der Waals surface area contributed by atoms with Crippen LogP contribution < -0.4 is 0 Å². The second kappa shape index (κ2) is 11.8. The molecule has 0 saturated heterocycles. The van der Waals surface area contributed by atoms with Gasteiger partial charge < -0.3 is 4.74 Å². The van der Waals surface area contributed by atoms with Gasteiger partial charge in [-0.1, -0.05) is 79.4 Å². The van der Waals surface area contributed by atoms with Crippen molar-refractivity contribution in [2.75, 3.05) is 0 Å². The van der Waals surface area contributed by atoms with Gasteiger partial charge in [-0.05, 0) is 24.2 Å². The highest BCUT2D eigenvalue weighted by atomic mass is 16.5. The highest BCUT2D eigenvalue weighted by Crippen LogP contribution is 2.17. The fraction of sp³-hybridized carbons (Fsp3) is 0.842. The summed E-state index contributed by atoms with van der Waals surface area (Å²) in [5.74, 6) is 1.20. The molecule has 1 unspecified atom stereocenters. The van der Waals surface area contributed by atoms with Gasteiger partial charge in [0, 0.05) is 0 Å². The van der Waals surface area contributed by atoms with Crippen molar-refractivity contribution in [2.45, 2.75) is 86.2 Å². The molecule has 0 aliphatic rings. The van der Waals surface area contributed by atoms with E-state index in [2.05, 4.69) is 47.6 Å². The predicted octanol–water partition coefficient (Wildman–Crippen LogP) is 5.76. The van der Waals surface area contributed by atoms with E-state index >= 15 is 0 Å². The number of carbonyl (C=O) groups is 1. The van der Waals surface area contributed by atoms with E-state index in [-0.39, 0.29) is 12.1 Å². The SMILES string of the molecule is CCCCCCC(C)/C=C\CC(=O)OC(C(C)C)C(C)C. The highest BCUT2D eigenvalue weighted by molar-refractivity contribution is 5.71. The van der Waals surface area contributed by atoms with Crippen molar-refractivity contribution >= 4 is 5.97 Å². The topological polar surface area (TPSA) is 26.3 Å². The van der Waals surface area contributed by atoms with Crippen LogP contribution in [0.25, 0.3) is 0 Å². The summed E-state index contributed by atoms with van der Waals surface area (Å²) in [6, 6.07) is 0. The number of unbranched alkanes of at least 4 members (excludes halogenated alkanes) is 3. The van der Waals surface area contributed by atoms with E-state index in [1.807, 2.05) is 6.08 Å². The smallest absolute Gasteiger partial charge is 0.309 e. The van der Waals surface area contributed by atoms with Crippen molar-refractivity contribution in [1.82, 2.24) is 0 Å². The molecule has 2 nitrogen and oxygen atoms in total. The van der Waals surface area contributed by atoms with E-state index in [9.17, 15) is 4.79 Å². The van der Waals surface area contributed by atoms with Crippen molar-refractivity contribution in [1.29, 1.82) is 0 Å². The molecule has 0 radical (unpaired) electrons. The molecule has 0 aromatic heterocycles. The lowest BCUT2D eigenvalue weighted by molar-refractivity contribution is -0.152. The third kappa shape index (κ3) is 10.6. The first-order valence-corrected chi connectivity index (χ1v) is 8.74. The minimum Gasteiger partial charge on any atom is -0.462 e. The van der Waals surface area contributed by atoms with E-state index in [4.69, 9.17) is 4.74 Å². The molecule has 0 heterocycles. The number of carbonyl (C=O) groups excluding carboxylic acids is 1. The molecule has 2 heteroatoms. The normalized spacial score (nSPS) is 13.6. The van der Waals surface area contributed by atoms with Crippen LogP contribution in [0.2, 0.25) is 0 Å². The predicted molar refractivity (Wildman–Crippen MR) is 91.2 cm³/mol. The van der Waals surface area contributed by atoms with Gasteiger partial charge in [-0.2, -0.15) is 0 Å². The summed E-state index contributed by atoms with van der Waals surface area (Å²) in [5.41, 5.74) is 0. The fourth-order valence-electron chi connectivity index (χ4n) is 2.63. The van der Waals surface area contributed by atoms with E-state index in [0.717, 1.165) is 0 Å². The lowest BCUT2D eigenvalue weighted by Crippen LogP contribution is -2.28. The molecule has 0 N–H and O–H groups in total. The molecule has 0 fully saturated rings. The van der Waals surface area contributed by atoms with Crippen molar-refractivity contribution in [3.63, 3.8) is 0 Å². The molecule has 21 heavy (non-hydrogen) atoms. The highest BCUT2D eigenvalue weighted by Gasteiger charge is 2.21. The van der Waals surface area contributed by atoms with Crippen LogP contribution in [0.5, 0.6) is 0 Å². The van der Waals surface area contributed by atoms with E-state index in [0.29, 0.717) is 24.2 Å². The van der Waals surface area contributed by atoms with Gasteiger partial charge in [0.25, 0.3) is 0 Å². The number of allylic oxidation sites excluding steroid dienone is 1. The third-order valence-corrected chi connectivity index (χ3v) is 3.84. The van der Waals surface area contributed by atoms with Gasteiger partial charge in [0.15, 0.2) is 0 Å². The first-order chi connectivity index (χ1) is 9.88.